The molecular formula is C24H25N3O. The zero-order valence-electron chi connectivity index (χ0n) is 16.8. The van der Waals surface area contributed by atoms with Crippen LogP contribution in [0.1, 0.15) is 50.6 Å². The van der Waals surface area contributed by atoms with E-state index in [4.69, 9.17) is 9.97 Å². The Bertz CT molecular complexity index is 1140. The number of nitrogens with one attached hydrogen (secondary N) is 1. The van der Waals surface area contributed by atoms with Gasteiger partial charge in [0.1, 0.15) is 0 Å². The number of anilines is 1. The van der Waals surface area contributed by atoms with Crippen molar-refractivity contribution in [3.05, 3.63) is 65.5 Å². The molecule has 4 heteroatoms. The van der Waals surface area contributed by atoms with Crippen molar-refractivity contribution in [2.75, 3.05) is 5.32 Å². The lowest BCUT2D eigenvalue weighted by Crippen LogP contribution is -2.48. The van der Waals surface area contributed by atoms with Crippen molar-refractivity contribution in [3.63, 3.8) is 0 Å². The molecule has 28 heavy (non-hydrogen) atoms. The summed E-state index contributed by atoms with van der Waals surface area (Å²) in [6.45, 7) is 8.70. The van der Waals surface area contributed by atoms with E-state index in [-0.39, 0.29) is 16.7 Å². The number of hydrogen-bond acceptors (Lipinski definition) is 3. The molecule has 4 nitrogen and oxygen atoms in total. The molecule has 1 saturated carbocycles. The van der Waals surface area contributed by atoms with E-state index in [9.17, 15) is 4.79 Å². The van der Waals surface area contributed by atoms with Gasteiger partial charge in [-0.2, -0.15) is 0 Å². The van der Waals surface area contributed by atoms with Crippen LogP contribution in [0.25, 0.3) is 11.0 Å². The first-order valence-corrected chi connectivity index (χ1v) is 9.96. The molecule has 0 aliphatic heterocycles. The van der Waals surface area contributed by atoms with Gasteiger partial charge in [0.15, 0.2) is 0 Å². The van der Waals surface area contributed by atoms with E-state index in [0.717, 1.165) is 46.5 Å². The van der Waals surface area contributed by atoms with Crippen LogP contribution in [0.5, 0.6) is 0 Å². The molecule has 0 spiro atoms. The van der Waals surface area contributed by atoms with Crippen LogP contribution < -0.4 is 5.32 Å². The molecule has 0 saturated heterocycles. The van der Waals surface area contributed by atoms with Crippen LogP contribution in [-0.4, -0.2) is 15.9 Å². The first-order chi connectivity index (χ1) is 13.3. The van der Waals surface area contributed by atoms with Crippen molar-refractivity contribution in [1.29, 1.82) is 0 Å². The first-order valence-electron chi connectivity index (χ1n) is 9.96. The van der Waals surface area contributed by atoms with Gasteiger partial charge in [-0.25, -0.2) is 9.97 Å². The Morgan fingerprint density at radius 2 is 1.50 bits per heavy atom. The van der Waals surface area contributed by atoms with E-state index in [1.807, 2.05) is 55.5 Å². The minimum absolute atomic E-state index is 0.0406. The van der Waals surface area contributed by atoms with Crippen LogP contribution >= 0.6 is 0 Å². The molecule has 0 unspecified atom stereocenters. The fourth-order valence-corrected chi connectivity index (χ4v) is 5.49. The Morgan fingerprint density at radius 1 is 0.893 bits per heavy atom. The van der Waals surface area contributed by atoms with Crippen molar-refractivity contribution in [1.82, 2.24) is 9.97 Å². The average molecular weight is 371 g/mol. The SMILES string of the molecule is Cc1ccccc1NC(=O)[C@]12CC[C@@](C)(c3nc4ccccc4nc31)C2(C)C. The number of fused-ring (bicyclic) bond motifs is 6. The lowest BCUT2D eigenvalue weighted by atomic mass is 9.63. The summed E-state index contributed by atoms with van der Waals surface area (Å²) in [6.07, 6.45) is 1.75. The fraction of sp³-hybridized carbons (Fsp3) is 0.375. The molecular weight excluding hydrogens is 346 g/mol. The zero-order valence-corrected chi connectivity index (χ0v) is 16.8. The normalized spacial score (nSPS) is 27.0. The summed E-state index contributed by atoms with van der Waals surface area (Å²) in [7, 11) is 0. The molecule has 1 amide bonds. The molecule has 2 aliphatic carbocycles. The second-order valence-corrected chi connectivity index (χ2v) is 9.04. The van der Waals surface area contributed by atoms with Crippen LogP contribution in [0.2, 0.25) is 0 Å². The van der Waals surface area contributed by atoms with Gasteiger partial charge in [-0.1, -0.05) is 51.1 Å². The highest BCUT2D eigenvalue weighted by molar-refractivity contribution is 6.02. The maximum Gasteiger partial charge on any atom is 0.237 e. The smallest absolute Gasteiger partial charge is 0.237 e. The number of carbonyl (C=O) groups excluding carboxylic acids is 1. The number of benzene rings is 2. The third kappa shape index (κ3) is 1.88. The lowest BCUT2D eigenvalue weighted by molar-refractivity contribution is -0.125. The van der Waals surface area contributed by atoms with E-state index >= 15 is 0 Å². The van der Waals surface area contributed by atoms with Gasteiger partial charge in [0, 0.05) is 11.1 Å². The van der Waals surface area contributed by atoms with Crippen LogP contribution in [0.3, 0.4) is 0 Å². The molecule has 3 aromatic rings. The van der Waals surface area contributed by atoms with Gasteiger partial charge in [0.2, 0.25) is 5.91 Å². The molecule has 2 atom stereocenters. The van der Waals surface area contributed by atoms with Gasteiger partial charge in [0.25, 0.3) is 0 Å². The maximum absolute atomic E-state index is 13.8. The van der Waals surface area contributed by atoms with E-state index in [0.29, 0.717) is 0 Å². The minimum Gasteiger partial charge on any atom is -0.325 e. The predicted molar refractivity (Wildman–Crippen MR) is 111 cm³/mol. The molecule has 2 bridgehead atoms. The maximum atomic E-state index is 13.8. The largest absolute Gasteiger partial charge is 0.325 e. The molecule has 2 aromatic carbocycles. The number of aryl methyl sites for hydroxylation is 1. The van der Waals surface area contributed by atoms with Gasteiger partial charge < -0.3 is 5.32 Å². The van der Waals surface area contributed by atoms with Crippen LogP contribution in [-0.2, 0) is 15.6 Å². The summed E-state index contributed by atoms with van der Waals surface area (Å²) < 4.78 is 0. The Balaban J connectivity index is 1.72. The quantitative estimate of drug-likeness (QED) is 0.697. The summed E-state index contributed by atoms with van der Waals surface area (Å²) in [4.78, 5) is 23.9. The number of hydrogen-bond donors (Lipinski definition) is 1. The fourth-order valence-electron chi connectivity index (χ4n) is 5.49. The number of carbonyl (C=O) groups is 1. The van der Waals surface area contributed by atoms with Crippen molar-refractivity contribution in [3.8, 4) is 0 Å². The van der Waals surface area contributed by atoms with Gasteiger partial charge >= 0.3 is 0 Å². The number of rotatable bonds is 2. The van der Waals surface area contributed by atoms with Crippen molar-refractivity contribution >= 4 is 22.6 Å². The van der Waals surface area contributed by atoms with Crippen LogP contribution in [0.15, 0.2) is 48.5 Å². The third-order valence-corrected chi connectivity index (χ3v) is 7.72. The molecule has 1 heterocycles. The second kappa shape index (κ2) is 5.40. The van der Waals surface area contributed by atoms with Gasteiger partial charge in [-0.05, 0) is 48.9 Å². The first kappa shape index (κ1) is 17.4. The van der Waals surface area contributed by atoms with Crippen LogP contribution in [0, 0.1) is 12.3 Å². The van der Waals surface area contributed by atoms with Gasteiger partial charge in [-0.3, -0.25) is 4.79 Å². The zero-order chi connectivity index (χ0) is 19.7. The topological polar surface area (TPSA) is 54.9 Å². The molecule has 142 valence electrons. The number of nitrogens with zero attached hydrogens (tertiary/aromatic N) is 2. The highest BCUT2D eigenvalue weighted by Crippen LogP contribution is 2.70. The Morgan fingerprint density at radius 3 is 2.18 bits per heavy atom. The summed E-state index contributed by atoms with van der Waals surface area (Å²) in [5, 5.41) is 3.23. The standard InChI is InChI=1S/C24H25N3O/c1-15-9-5-6-10-16(15)27-21(28)24-14-13-23(4,22(24,2)3)19-20(24)26-18-12-8-7-11-17(18)25-19/h5-12H,13-14H2,1-4H3,(H,27,28)/t23-,24-/m0/s1. The van der Waals surface area contributed by atoms with Gasteiger partial charge in [0.05, 0.1) is 27.8 Å². The molecule has 1 aromatic heterocycles. The van der Waals surface area contributed by atoms with Crippen molar-refractivity contribution in [2.45, 2.75) is 51.4 Å². The van der Waals surface area contributed by atoms with E-state index < -0.39 is 5.41 Å². The monoisotopic (exact) mass is 371 g/mol. The Kier molecular flexibility index (Phi) is 3.35. The summed E-state index contributed by atoms with van der Waals surface area (Å²) >= 11 is 0. The molecule has 1 N–H and O–H groups in total. The van der Waals surface area contributed by atoms with E-state index in [1.54, 1.807) is 0 Å². The summed E-state index contributed by atoms with van der Waals surface area (Å²) in [5.41, 5.74) is 4.46. The molecule has 1 fully saturated rings. The lowest BCUT2D eigenvalue weighted by Gasteiger charge is -2.39. The van der Waals surface area contributed by atoms with E-state index in [2.05, 4.69) is 26.1 Å². The van der Waals surface area contributed by atoms with Gasteiger partial charge in [-0.15, -0.1) is 0 Å². The summed E-state index contributed by atoms with van der Waals surface area (Å²) in [6, 6.07) is 15.9. The van der Waals surface area contributed by atoms with E-state index in [1.165, 1.54) is 0 Å². The summed E-state index contributed by atoms with van der Waals surface area (Å²) in [5.74, 6) is 0.0406. The highest BCUT2D eigenvalue weighted by atomic mass is 16.2. The van der Waals surface area contributed by atoms with Crippen molar-refractivity contribution < 1.29 is 4.79 Å². The molecule has 0 radical (unpaired) electrons. The highest BCUT2D eigenvalue weighted by Gasteiger charge is 2.73. The molecule has 5 rings (SSSR count). The number of para-hydroxylation sites is 3. The Labute approximate surface area is 165 Å². The Hall–Kier alpha value is -2.75. The second-order valence-electron chi connectivity index (χ2n) is 9.04. The molecule has 2 aliphatic rings. The average Bonchev–Trinajstić information content (AvgIpc) is 2.98. The third-order valence-electron chi connectivity index (χ3n) is 7.72. The predicted octanol–water partition coefficient (Wildman–Crippen LogP) is 4.91. The minimum atomic E-state index is -0.670. The van der Waals surface area contributed by atoms with Crippen molar-refractivity contribution in [2.24, 2.45) is 5.41 Å². The number of amides is 1. The number of aromatic nitrogens is 2. The van der Waals surface area contributed by atoms with Crippen LogP contribution in [0.4, 0.5) is 5.69 Å².